The average Bonchev–Trinajstić information content (AvgIpc) is 2.45. The second kappa shape index (κ2) is 6.90. The van der Waals surface area contributed by atoms with Gasteiger partial charge in [-0.25, -0.2) is 0 Å². The molecule has 0 saturated carbocycles. The van der Waals surface area contributed by atoms with Crippen molar-refractivity contribution in [1.29, 1.82) is 0 Å². The molecule has 1 nitrogen and oxygen atoms in total. The zero-order chi connectivity index (χ0) is 12.6. The van der Waals surface area contributed by atoms with E-state index in [0.717, 1.165) is 12.1 Å². The molecule has 2 aromatic carbocycles. The minimum atomic E-state index is 0.161. The lowest BCUT2D eigenvalue weighted by molar-refractivity contribution is 0.573. The van der Waals surface area contributed by atoms with E-state index in [4.69, 9.17) is 4.65 Å². The molecule has 0 atom stereocenters. The predicted molar refractivity (Wildman–Crippen MR) is 78.6 cm³/mol. The van der Waals surface area contributed by atoms with Gasteiger partial charge in [0.2, 0.25) is 0 Å². The molecule has 0 fully saturated rings. The first-order valence-electron chi connectivity index (χ1n) is 6.67. The molecule has 0 spiro atoms. The summed E-state index contributed by atoms with van der Waals surface area (Å²) in [5.41, 5.74) is 1.26. The molecule has 0 aliphatic carbocycles. The van der Waals surface area contributed by atoms with Gasteiger partial charge in [0.05, 0.1) is 5.75 Å². The molecule has 0 aliphatic rings. The Morgan fingerprint density at radius 3 is 2.11 bits per heavy atom. The van der Waals surface area contributed by atoms with E-state index in [1.54, 1.807) is 0 Å². The second-order valence-corrected chi connectivity index (χ2v) is 4.47. The first-order chi connectivity index (χ1) is 8.90. The molecule has 92 valence electrons. The standard InChI is InChI=1S/C16H19BO/c1-2-3-14-17(15-10-6-4-7-11-15)18-16-12-8-5-9-13-16/h4-13H,2-3,14H2,1H3. The van der Waals surface area contributed by atoms with Crippen LogP contribution in [-0.4, -0.2) is 6.92 Å². The molecule has 0 heterocycles. The van der Waals surface area contributed by atoms with Gasteiger partial charge in [-0.15, -0.1) is 0 Å². The molecule has 18 heavy (non-hydrogen) atoms. The van der Waals surface area contributed by atoms with Crippen molar-refractivity contribution in [3.63, 3.8) is 0 Å². The lowest BCUT2D eigenvalue weighted by Crippen LogP contribution is -2.36. The molecule has 0 unspecified atom stereocenters. The fourth-order valence-electron chi connectivity index (χ4n) is 2.01. The maximum Gasteiger partial charge on any atom is 0.391 e. The van der Waals surface area contributed by atoms with Gasteiger partial charge in [0.25, 0.3) is 0 Å². The summed E-state index contributed by atoms with van der Waals surface area (Å²) < 4.78 is 6.10. The van der Waals surface area contributed by atoms with Gasteiger partial charge in [-0.1, -0.05) is 68.3 Å². The highest BCUT2D eigenvalue weighted by atomic mass is 16.4. The highest BCUT2D eigenvalue weighted by Gasteiger charge is 2.19. The maximum atomic E-state index is 6.10. The second-order valence-electron chi connectivity index (χ2n) is 4.47. The Morgan fingerprint density at radius 2 is 1.50 bits per heavy atom. The summed E-state index contributed by atoms with van der Waals surface area (Å²) in [5, 5.41) is 0. The summed E-state index contributed by atoms with van der Waals surface area (Å²) in [6.45, 7) is 2.37. The van der Waals surface area contributed by atoms with Gasteiger partial charge < -0.3 is 4.65 Å². The highest BCUT2D eigenvalue weighted by Crippen LogP contribution is 2.13. The number of para-hydroxylation sites is 1. The van der Waals surface area contributed by atoms with Crippen LogP contribution in [0.1, 0.15) is 19.8 Å². The van der Waals surface area contributed by atoms with Crippen LogP contribution in [0.3, 0.4) is 0 Å². The maximum absolute atomic E-state index is 6.10. The lowest BCUT2D eigenvalue weighted by Gasteiger charge is -2.15. The largest absolute Gasteiger partial charge is 0.556 e. The molecular formula is C16H19BO. The quantitative estimate of drug-likeness (QED) is 0.696. The van der Waals surface area contributed by atoms with Gasteiger partial charge >= 0.3 is 6.92 Å². The molecule has 0 aromatic heterocycles. The van der Waals surface area contributed by atoms with Crippen LogP contribution in [0.25, 0.3) is 0 Å². The molecule has 2 rings (SSSR count). The molecule has 0 aliphatic heterocycles. The SMILES string of the molecule is CCCCB(Oc1ccccc1)c1ccccc1. The molecule has 0 saturated heterocycles. The van der Waals surface area contributed by atoms with Crippen molar-refractivity contribution in [1.82, 2.24) is 0 Å². The van der Waals surface area contributed by atoms with Crippen molar-refractivity contribution < 1.29 is 4.65 Å². The van der Waals surface area contributed by atoms with Crippen LogP contribution < -0.4 is 10.1 Å². The van der Waals surface area contributed by atoms with Gasteiger partial charge in [-0.2, -0.15) is 0 Å². The smallest absolute Gasteiger partial charge is 0.391 e. The van der Waals surface area contributed by atoms with Crippen molar-refractivity contribution in [2.75, 3.05) is 0 Å². The van der Waals surface area contributed by atoms with E-state index in [-0.39, 0.29) is 6.92 Å². The van der Waals surface area contributed by atoms with Gasteiger partial charge in [0.1, 0.15) is 0 Å². The summed E-state index contributed by atoms with van der Waals surface area (Å²) in [6.07, 6.45) is 3.45. The van der Waals surface area contributed by atoms with Crippen LogP contribution in [0, 0.1) is 0 Å². The van der Waals surface area contributed by atoms with E-state index in [0.29, 0.717) is 0 Å². The Bertz CT molecular complexity index is 441. The van der Waals surface area contributed by atoms with Gasteiger partial charge in [0, 0.05) is 0 Å². The molecule has 0 radical (unpaired) electrons. The van der Waals surface area contributed by atoms with Crippen LogP contribution in [0.4, 0.5) is 0 Å². The zero-order valence-corrected chi connectivity index (χ0v) is 10.9. The van der Waals surface area contributed by atoms with Gasteiger partial charge in [-0.05, 0) is 23.9 Å². The molecule has 0 N–H and O–H groups in total. The highest BCUT2D eigenvalue weighted by molar-refractivity contribution is 6.68. The van der Waals surface area contributed by atoms with Crippen LogP contribution in [0.15, 0.2) is 60.7 Å². The third-order valence-electron chi connectivity index (χ3n) is 3.01. The summed E-state index contributed by atoms with van der Waals surface area (Å²) in [7, 11) is 0. The van der Waals surface area contributed by atoms with E-state index >= 15 is 0 Å². The first-order valence-corrected chi connectivity index (χ1v) is 6.67. The summed E-state index contributed by atoms with van der Waals surface area (Å²) >= 11 is 0. The number of unbranched alkanes of at least 4 members (excludes halogenated alkanes) is 1. The Morgan fingerprint density at radius 1 is 0.889 bits per heavy atom. The average molecular weight is 238 g/mol. The fraction of sp³-hybridized carbons (Fsp3) is 0.250. The minimum Gasteiger partial charge on any atom is -0.556 e. The normalized spacial score (nSPS) is 10.1. The summed E-state index contributed by atoms with van der Waals surface area (Å²) in [5.74, 6) is 0.947. The van der Waals surface area contributed by atoms with Crippen molar-refractivity contribution in [2.45, 2.75) is 26.1 Å². The van der Waals surface area contributed by atoms with Gasteiger partial charge in [0.15, 0.2) is 0 Å². The summed E-state index contributed by atoms with van der Waals surface area (Å²) in [6, 6.07) is 20.5. The predicted octanol–water partition coefficient (Wildman–Crippen LogP) is 3.76. The van der Waals surface area contributed by atoms with E-state index in [1.807, 2.05) is 36.4 Å². The molecule has 2 aromatic rings. The Labute approximate surface area is 110 Å². The van der Waals surface area contributed by atoms with Crippen LogP contribution >= 0.6 is 0 Å². The molecule has 0 amide bonds. The number of hydrogen-bond acceptors (Lipinski definition) is 1. The van der Waals surface area contributed by atoms with Gasteiger partial charge in [-0.3, -0.25) is 0 Å². The first kappa shape index (κ1) is 12.8. The van der Waals surface area contributed by atoms with Crippen molar-refractivity contribution in [2.24, 2.45) is 0 Å². The van der Waals surface area contributed by atoms with E-state index in [1.165, 1.54) is 18.3 Å². The van der Waals surface area contributed by atoms with E-state index in [9.17, 15) is 0 Å². The number of rotatable bonds is 6. The van der Waals surface area contributed by atoms with E-state index < -0.39 is 0 Å². The van der Waals surface area contributed by atoms with E-state index in [2.05, 4.69) is 31.2 Å². The van der Waals surface area contributed by atoms with Crippen LogP contribution in [0.5, 0.6) is 5.75 Å². The molecule has 2 heteroatoms. The third-order valence-corrected chi connectivity index (χ3v) is 3.01. The third kappa shape index (κ3) is 3.66. The van der Waals surface area contributed by atoms with Crippen LogP contribution in [-0.2, 0) is 0 Å². The van der Waals surface area contributed by atoms with Crippen LogP contribution in [0.2, 0.25) is 6.32 Å². The Hall–Kier alpha value is -1.70. The Kier molecular flexibility index (Phi) is 4.89. The summed E-state index contributed by atoms with van der Waals surface area (Å²) in [4.78, 5) is 0. The zero-order valence-electron chi connectivity index (χ0n) is 10.9. The lowest BCUT2D eigenvalue weighted by atomic mass is 9.57. The molecule has 0 bridgehead atoms. The Balaban J connectivity index is 2.10. The number of benzene rings is 2. The topological polar surface area (TPSA) is 9.23 Å². The van der Waals surface area contributed by atoms with Crippen molar-refractivity contribution in [3.05, 3.63) is 60.7 Å². The molecular weight excluding hydrogens is 219 g/mol. The van der Waals surface area contributed by atoms with Crippen molar-refractivity contribution >= 4 is 12.4 Å². The number of hydrogen-bond donors (Lipinski definition) is 0. The fourth-order valence-corrected chi connectivity index (χ4v) is 2.01. The van der Waals surface area contributed by atoms with Crippen molar-refractivity contribution in [3.8, 4) is 5.75 Å². The monoisotopic (exact) mass is 238 g/mol. The minimum absolute atomic E-state index is 0.161.